The molecule has 28 heavy (non-hydrogen) atoms. The van der Waals surface area contributed by atoms with Gasteiger partial charge in [0.1, 0.15) is 0 Å². The lowest BCUT2D eigenvalue weighted by atomic mass is 10.1. The van der Waals surface area contributed by atoms with Gasteiger partial charge in [0, 0.05) is 29.4 Å². The van der Waals surface area contributed by atoms with E-state index in [-0.39, 0.29) is 17.9 Å². The van der Waals surface area contributed by atoms with Gasteiger partial charge in [0.05, 0.1) is 21.3 Å². The van der Waals surface area contributed by atoms with Gasteiger partial charge in [-0.2, -0.15) is 0 Å². The average molecular weight is 384 g/mol. The van der Waals surface area contributed by atoms with E-state index in [0.29, 0.717) is 34.9 Å². The standard InChI is InChI=1S/C21H24N2O5/c1-13-5-10-19(24)23(13)16-8-6-15(7-9-16)22-21(25)14-11-17(26-2)20(28-4)18(12-14)27-3/h6-9,11-13H,5,10H2,1-4H3,(H,22,25). The van der Waals surface area contributed by atoms with Crippen molar-refractivity contribution in [1.29, 1.82) is 0 Å². The molecule has 0 radical (unpaired) electrons. The molecule has 1 heterocycles. The third-order valence-electron chi connectivity index (χ3n) is 4.82. The van der Waals surface area contributed by atoms with Crippen molar-refractivity contribution in [3.8, 4) is 17.2 Å². The normalized spacial score (nSPS) is 16.1. The number of benzene rings is 2. The molecule has 0 bridgehead atoms. The summed E-state index contributed by atoms with van der Waals surface area (Å²) in [4.78, 5) is 26.5. The number of carbonyl (C=O) groups excluding carboxylic acids is 2. The van der Waals surface area contributed by atoms with E-state index in [1.165, 1.54) is 21.3 Å². The topological polar surface area (TPSA) is 77.1 Å². The van der Waals surface area contributed by atoms with Crippen LogP contribution in [0.3, 0.4) is 0 Å². The summed E-state index contributed by atoms with van der Waals surface area (Å²) < 4.78 is 15.9. The van der Waals surface area contributed by atoms with E-state index >= 15 is 0 Å². The van der Waals surface area contributed by atoms with Gasteiger partial charge in [-0.25, -0.2) is 0 Å². The zero-order valence-electron chi connectivity index (χ0n) is 16.4. The molecule has 0 aliphatic carbocycles. The first-order chi connectivity index (χ1) is 13.5. The lowest BCUT2D eigenvalue weighted by molar-refractivity contribution is -0.117. The van der Waals surface area contributed by atoms with Crippen LogP contribution in [-0.2, 0) is 4.79 Å². The molecule has 1 saturated heterocycles. The van der Waals surface area contributed by atoms with Gasteiger partial charge in [-0.3, -0.25) is 9.59 Å². The summed E-state index contributed by atoms with van der Waals surface area (Å²) in [6.45, 7) is 2.03. The number of methoxy groups -OCH3 is 3. The van der Waals surface area contributed by atoms with Gasteiger partial charge in [0.25, 0.3) is 5.91 Å². The summed E-state index contributed by atoms with van der Waals surface area (Å²) in [6, 6.07) is 10.6. The molecule has 7 nitrogen and oxygen atoms in total. The molecular weight excluding hydrogens is 360 g/mol. The van der Waals surface area contributed by atoms with Crippen LogP contribution in [0.5, 0.6) is 17.2 Å². The second kappa shape index (κ2) is 8.21. The Bertz CT molecular complexity index is 854. The molecule has 1 fully saturated rings. The molecule has 2 amide bonds. The van der Waals surface area contributed by atoms with Gasteiger partial charge in [0.2, 0.25) is 11.7 Å². The minimum atomic E-state index is -0.308. The van der Waals surface area contributed by atoms with E-state index in [1.54, 1.807) is 29.2 Å². The lowest BCUT2D eigenvalue weighted by Gasteiger charge is -2.22. The highest BCUT2D eigenvalue weighted by molar-refractivity contribution is 6.05. The van der Waals surface area contributed by atoms with Crippen LogP contribution in [0.25, 0.3) is 0 Å². The largest absolute Gasteiger partial charge is 0.493 e. The minimum absolute atomic E-state index is 0.127. The summed E-state index contributed by atoms with van der Waals surface area (Å²) >= 11 is 0. The number of nitrogens with one attached hydrogen (secondary N) is 1. The third-order valence-corrected chi connectivity index (χ3v) is 4.82. The molecule has 0 aromatic heterocycles. The molecule has 1 aliphatic heterocycles. The average Bonchev–Trinajstić information content (AvgIpc) is 3.05. The highest BCUT2D eigenvalue weighted by Gasteiger charge is 2.28. The van der Waals surface area contributed by atoms with Crippen LogP contribution in [0, 0.1) is 0 Å². The van der Waals surface area contributed by atoms with Gasteiger partial charge in [-0.15, -0.1) is 0 Å². The maximum Gasteiger partial charge on any atom is 0.255 e. The number of ether oxygens (including phenoxy) is 3. The Morgan fingerprint density at radius 3 is 2.11 bits per heavy atom. The fourth-order valence-electron chi connectivity index (χ4n) is 3.35. The van der Waals surface area contributed by atoms with E-state index in [4.69, 9.17) is 14.2 Å². The maximum absolute atomic E-state index is 12.7. The molecule has 3 rings (SSSR count). The van der Waals surface area contributed by atoms with E-state index < -0.39 is 0 Å². The lowest BCUT2D eigenvalue weighted by Crippen LogP contribution is -2.30. The fourth-order valence-corrected chi connectivity index (χ4v) is 3.35. The molecule has 2 aromatic rings. The van der Waals surface area contributed by atoms with Gasteiger partial charge < -0.3 is 24.4 Å². The van der Waals surface area contributed by atoms with Crippen molar-refractivity contribution in [2.24, 2.45) is 0 Å². The van der Waals surface area contributed by atoms with Crippen molar-refractivity contribution < 1.29 is 23.8 Å². The van der Waals surface area contributed by atoms with Crippen molar-refractivity contribution in [2.75, 3.05) is 31.5 Å². The molecule has 1 atom stereocenters. The molecule has 148 valence electrons. The van der Waals surface area contributed by atoms with Crippen LogP contribution in [-0.4, -0.2) is 39.2 Å². The predicted octanol–water partition coefficient (Wildman–Crippen LogP) is 3.48. The molecule has 1 unspecified atom stereocenters. The maximum atomic E-state index is 12.7. The first-order valence-corrected chi connectivity index (χ1v) is 9.02. The SMILES string of the molecule is COc1cc(C(=O)Nc2ccc(N3C(=O)CCC3C)cc2)cc(OC)c1OC. The summed E-state index contributed by atoms with van der Waals surface area (Å²) in [6.07, 6.45) is 1.43. The van der Waals surface area contributed by atoms with E-state index in [0.717, 1.165) is 12.1 Å². The van der Waals surface area contributed by atoms with Crippen molar-refractivity contribution in [1.82, 2.24) is 0 Å². The number of rotatable bonds is 6. The molecule has 0 saturated carbocycles. The quantitative estimate of drug-likeness (QED) is 0.825. The Morgan fingerprint density at radius 1 is 1.04 bits per heavy atom. The first-order valence-electron chi connectivity index (χ1n) is 9.02. The van der Waals surface area contributed by atoms with Crippen LogP contribution in [0.4, 0.5) is 11.4 Å². The Labute approximate surface area is 164 Å². The number of carbonyl (C=O) groups is 2. The van der Waals surface area contributed by atoms with Crippen molar-refractivity contribution in [2.45, 2.75) is 25.8 Å². The van der Waals surface area contributed by atoms with Crippen molar-refractivity contribution in [3.05, 3.63) is 42.0 Å². The molecule has 1 N–H and O–H groups in total. The van der Waals surface area contributed by atoms with Crippen LogP contribution >= 0.6 is 0 Å². The second-order valence-electron chi connectivity index (χ2n) is 6.57. The van der Waals surface area contributed by atoms with Gasteiger partial charge in [0.15, 0.2) is 11.5 Å². The van der Waals surface area contributed by atoms with Crippen molar-refractivity contribution in [3.63, 3.8) is 0 Å². The Kier molecular flexibility index (Phi) is 5.73. The minimum Gasteiger partial charge on any atom is -0.493 e. The monoisotopic (exact) mass is 384 g/mol. The summed E-state index contributed by atoms with van der Waals surface area (Å²) in [5.74, 6) is 1.06. The highest BCUT2D eigenvalue weighted by atomic mass is 16.5. The fraction of sp³-hybridized carbons (Fsp3) is 0.333. The van der Waals surface area contributed by atoms with Crippen LogP contribution in [0.2, 0.25) is 0 Å². The Balaban J connectivity index is 1.79. The Morgan fingerprint density at radius 2 is 1.64 bits per heavy atom. The molecule has 7 heteroatoms. The number of hydrogen-bond donors (Lipinski definition) is 1. The summed E-state index contributed by atoms with van der Waals surface area (Å²) in [5, 5.41) is 2.84. The van der Waals surface area contributed by atoms with Crippen LogP contribution < -0.4 is 24.4 Å². The summed E-state index contributed by atoms with van der Waals surface area (Å²) in [7, 11) is 4.50. The first kappa shape index (κ1) is 19.5. The van der Waals surface area contributed by atoms with Crippen LogP contribution in [0.15, 0.2) is 36.4 Å². The van der Waals surface area contributed by atoms with Gasteiger partial charge in [-0.1, -0.05) is 0 Å². The zero-order valence-corrected chi connectivity index (χ0v) is 16.4. The predicted molar refractivity (Wildman–Crippen MR) is 107 cm³/mol. The van der Waals surface area contributed by atoms with Crippen molar-refractivity contribution >= 4 is 23.2 Å². The number of anilines is 2. The second-order valence-corrected chi connectivity index (χ2v) is 6.57. The third kappa shape index (κ3) is 3.74. The smallest absolute Gasteiger partial charge is 0.255 e. The highest BCUT2D eigenvalue weighted by Crippen LogP contribution is 2.38. The molecule has 0 spiro atoms. The van der Waals surface area contributed by atoms with E-state index in [1.807, 2.05) is 19.1 Å². The van der Waals surface area contributed by atoms with Gasteiger partial charge >= 0.3 is 0 Å². The zero-order chi connectivity index (χ0) is 20.3. The van der Waals surface area contributed by atoms with Crippen LogP contribution in [0.1, 0.15) is 30.1 Å². The number of hydrogen-bond acceptors (Lipinski definition) is 5. The number of amides is 2. The van der Waals surface area contributed by atoms with E-state index in [9.17, 15) is 9.59 Å². The summed E-state index contributed by atoms with van der Waals surface area (Å²) in [5.41, 5.74) is 1.84. The molecule has 1 aliphatic rings. The molecular formula is C21H24N2O5. The van der Waals surface area contributed by atoms with Gasteiger partial charge in [-0.05, 0) is 49.7 Å². The van der Waals surface area contributed by atoms with E-state index in [2.05, 4.69) is 5.32 Å². The molecule has 2 aromatic carbocycles. The Hall–Kier alpha value is -3.22. The number of nitrogens with zero attached hydrogens (tertiary/aromatic N) is 1.